The lowest BCUT2D eigenvalue weighted by Gasteiger charge is -2.35. The SMILES string of the molecule is O=C1OCC=C[C@@H]2S[C@]34C=CCN(c5ccccc5Cl)C(=O)C3N(CCCCCO)C(=O)[C@@H]4[C@H]12. The van der Waals surface area contributed by atoms with Crippen LogP contribution in [0.5, 0.6) is 0 Å². The second-order valence-corrected chi connectivity index (χ2v) is 10.9. The van der Waals surface area contributed by atoms with Gasteiger partial charge in [-0.1, -0.05) is 48.0 Å². The summed E-state index contributed by atoms with van der Waals surface area (Å²) in [6, 6.07) is 6.43. The quantitative estimate of drug-likeness (QED) is 0.366. The number of likely N-dealkylation sites (tertiary alicyclic amines) is 1. The van der Waals surface area contributed by atoms with Gasteiger partial charge in [0.2, 0.25) is 5.91 Å². The number of carbonyl (C=O) groups excluding carboxylic acids is 3. The predicted molar refractivity (Wildman–Crippen MR) is 131 cm³/mol. The third-order valence-corrected chi connectivity index (χ3v) is 9.18. The van der Waals surface area contributed by atoms with Crippen LogP contribution in [0.1, 0.15) is 19.3 Å². The number of esters is 1. The normalized spacial score (nSPS) is 32.2. The highest BCUT2D eigenvalue weighted by Crippen LogP contribution is 2.61. The Hall–Kier alpha value is -2.29. The molecule has 7 nitrogen and oxygen atoms in total. The number of hydrogen-bond donors (Lipinski definition) is 1. The van der Waals surface area contributed by atoms with Gasteiger partial charge in [0.1, 0.15) is 12.6 Å². The second kappa shape index (κ2) is 9.40. The standard InChI is InChI=1S/C25H27ClN2O5S/c26-16-8-2-3-9-17(16)27-13-7-11-25-20(19-18(34-25)10-6-15-33-24(19)32)22(30)28(21(25)23(27)31)12-4-1-5-14-29/h2-3,6-11,18-21,29H,1,4-5,12-15H2/t18-,19+,20-,21?,25-/m0/s1. The van der Waals surface area contributed by atoms with E-state index in [2.05, 4.69) is 0 Å². The number of aliphatic hydroxyl groups is 1. The van der Waals surface area contributed by atoms with Crippen LogP contribution >= 0.6 is 23.4 Å². The fraction of sp³-hybridized carbons (Fsp3) is 0.480. The van der Waals surface area contributed by atoms with Crippen molar-refractivity contribution in [1.29, 1.82) is 0 Å². The molecule has 34 heavy (non-hydrogen) atoms. The minimum atomic E-state index is -0.864. The summed E-state index contributed by atoms with van der Waals surface area (Å²) in [6.07, 6.45) is 9.70. The van der Waals surface area contributed by atoms with Gasteiger partial charge in [-0.3, -0.25) is 14.4 Å². The molecule has 0 aliphatic carbocycles. The van der Waals surface area contributed by atoms with Crippen molar-refractivity contribution in [2.24, 2.45) is 11.8 Å². The molecule has 4 aliphatic rings. The lowest BCUT2D eigenvalue weighted by molar-refractivity contribution is -0.151. The summed E-state index contributed by atoms with van der Waals surface area (Å²) in [6.45, 7) is 1.00. The first-order valence-corrected chi connectivity index (χ1v) is 12.9. The van der Waals surface area contributed by atoms with Gasteiger partial charge in [0.05, 0.1) is 27.3 Å². The largest absolute Gasteiger partial charge is 0.461 e. The number of thioether (sulfide) groups is 1. The Morgan fingerprint density at radius 1 is 1.12 bits per heavy atom. The number of cyclic esters (lactones) is 1. The zero-order valence-corrected chi connectivity index (χ0v) is 20.2. The molecule has 1 aromatic rings. The molecule has 1 unspecified atom stereocenters. The minimum absolute atomic E-state index is 0.0870. The van der Waals surface area contributed by atoms with E-state index in [0.29, 0.717) is 36.6 Å². The Morgan fingerprint density at radius 3 is 2.74 bits per heavy atom. The summed E-state index contributed by atoms with van der Waals surface area (Å²) >= 11 is 7.98. The van der Waals surface area contributed by atoms with Crippen molar-refractivity contribution in [2.45, 2.75) is 35.3 Å². The van der Waals surface area contributed by atoms with Crippen LogP contribution in [-0.2, 0) is 19.1 Å². The maximum Gasteiger partial charge on any atom is 0.311 e. The van der Waals surface area contributed by atoms with Crippen LogP contribution in [0.25, 0.3) is 0 Å². The molecule has 2 saturated heterocycles. The van der Waals surface area contributed by atoms with E-state index in [0.717, 1.165) is 6.42 Å². The summed E-state index contributed by atoms with van der Waals surface area (Å²) in [4.78, 5) is 44.3. The lowest BCUT2D eigenvalue weighted by atomic mass is 9.78. The number of benzene rings is 1. The van der Waals surface area contributed by atoms with Crippen molar-refractivity contribution in [3.8, 4) is 0 Å². The highest BCUT2D eigenvalue weighted by atomic mass is 35.5. The fourth-order valence-electron chi connectivity index (χ4n) is 5.67. The van der Waals surface area contributed by atoms with Crippen LogP contribution < -0.4 is 4.90 Å². The van der Waals surface area contributed by atoms with Crippen LogP contribution in [0.3, 0.4) is 0 Å². The third kappa shape index (κ3) is 3.67. The van der Waals surface area contributed by atoms with E-state index in [-0.39, 0.29) is 36.2 Å². The van der Waals surface area contributed by atoms with E-state index < -0.39 is 22.6 Å². The smallest absolute Gasteiger partial charge is 0.311 e. The van der Waals surface area contributed by atoms with E-state index in [1.54, 1.807) is 21.9 Å². The molecule has 4 heterocycles. The van der Waals surface area contributed by atoms with Gasteiger partial charge >= 0.3 is 5.97 Å². The average Bonchev–Trinajstić information content (AvgIpc) is 3.12. The third-order valence-electron chi connectivity index (χ3n) is 7.11. The number of para-hydroxylation sites is 1. The van der Waals surface area contributed by atoms with Gasteiger partial charge in [0.25, 0.3) is 5.91 Å². The van der Waals surface area contributed by atoms with E-state index in [1.807, 2.05) is 36.4 Å². The van der Waals surface area contributed by atoms with Crippen molar-refractivity contribution < 1.29 is 24.2 Å². The molecule has 1 aromatic carbocycles. The Morgan fingerprint density at radius 2 is 1.94 bits per heavy atom. The molecule has 0 aromatic heterocycles. The van der Waals surface area contributed by atoms with Gasteiger partial charge in [-0.15, -0.1) is 11.8 Å². The van der Waals surface area contributed by atoms with E-state index in [9.17, 15) is 14.4 Å². The first-order chi connectivity index (χ1) is 16.5. The number of hydrogen-bond acceptors (Lipinski definition) is 6. The average molecular weight is 503 g/mol. The molecule has 2 fully saturated rings. The summed E-state index contributed by atoms with van der Waals surface area (Å²) in [5.74, 6) is -2.07. The van der Waals surface area contributed by atoms with Gasteiger partial charge in [0, 0.05) is 24.9 Å². The molecule has 0 bridgehead atoms. The number of carbonyl (C=O) groups is 3. The van der Waals surface area contributed by atoms with E-state index in [1.165, 1.54) is 11.8 Å². The van der Waals surface area contributed by atoms with Gasteiger partial charge in [0.15, 0.2) is 0 Å². The summed E-state index contributed by atoms with van der Waals surface area (Å²) in [5, 5.41) is 9.39. The highest BCUT2D eigenvalue weighted by molar-refractivity contribution is 8.02. The van der Waals surface area contributed by atoms with Crippen molar-refractivity contribution in [1.82, 2.24) is 4.90 Å². The van der Waals surface area contributed by atoms with Crippen LogP contribution in [-0.4, -0.2) is 70.1 Å². The zero-order chi connectivity index (χ0) is 23.9. The van der Waals surface area contributed by atoms with Gasteiger partial charge in [-0.05, 0) is 31.4 Å². The minimum Gasteiger partial charge on any atom is -0.461 e. The molecule has 5 rings (SSSR count). The Bertz CT molecular complexity index is 1060. The molecule has 1 N–H and O–H groups in total. The Balaban J connectivity index is 1.57. The molecule has 9 heteroatoms. The lowest BCUT2D eigenvalue weighted by Crippen LogP contribution is -2.53. The number of amides is 2. The molecule has 0 saturated carbocycles. The number of unbranched alkanes of at least 4 members (excludes halogenated alkanes) is 2. The Kier molecular flexibility index (Phi) is 6.48. The molecule has 180 valence electrons. The zero-order valence-electron chi connectivity index (χ0n) is 18.6. The number of rotatable bonds is 6. The fourth-order valence-corrected chi connectivity index (χ4v) is 7.91. The van der Waals surface area contributed by atoms with Crippen LogP contribution in [0, 0.1) is 11.8 Å². The monoisotopic (exact) mass is 502 g/mol. The van der Waals surface area contributed by atoms with Crippen molar-refractivity contribution in [2.75, 3.05) is 31.2 Å². The second-order valence-electron chi connectivity index (χ2n) is 9.02. The highest BCUT2D eigenvalue weighted by Gasteiger charge is 2.71. The van der Waals surface area contributed by atoms with Crippen molar-refractivity contribution in [3.63, 3.8) is 0 Å². The number of anilines is 1. The molecular formula is C25H27ClN2O5S. The number of fused-ring (bicyclic) bond motifs is 2. The Labute approximate surface area is 207 Å². The molecule has 1 spiro atoms. The molecule has 2 amide bonds. The van der Waals surface area contributed by atoms with Gasteiger partial charge in [-0.25, -0.2) is 0 Å². The molecule has 5 atom stereocenters. The molecule has 0 radical (unpaired) electrons. The van der Waals surface area contributed by atoms with Crippen molar-refractivity contribution >= 4 is 46.8 Å². The predicted octanol–water partition coefficient (Wildman–Crippen LogP) is 2.82. The van der Waals surface area contributed by atoms with Crippen LogP contribution in [0.15, 0.2) is 48.6 Å². The van der Waals surface area contributed by atoms with Crippen LogP contribution in [0.4, 0.5) is 5.69 Å². The topological polar surface area (TPSA) is 87.2 Å². The van der Waals surface area contributed by atoms with E-state index >= 15 is 0 Å². The summed E-state index contributed by atoms with van der Waals surface area (Å²) in [5.41, 5.74) is 0.600. The number of aliphatic hydroxyl groups excluding tert-OH is 1. The first-order valence-electron chi connectivity index (χ1n) is 11.7. The maximum absolute atomic E-state index is 14.2. The number of nitrogens with zero attached hydrogens (tertiary/aromatic N) is 2. The van der Waals surface area contributed by atoms with Crippen molar-refractivity contribution in [3.05, 3.63) is 53.6 Å². The number of halogens is 1. The van der Waals surface area contributed by atoms with E-state index in [4.69, 9.17) is 21.4 Å². The molecule has 4 aliphatic heterocycles. The maximum atomic E-state index is 14.2. The van der Waals surface area contributed by atoms with Crippen LogP contribution in [0.2, 0.25) is 5.02 Å². The number of ether oxygens (including phenoxy) is 1. The summed E-state index contributed by atoms with van der Waals surface area (Å²) < 4.78 is 4.52. The first kappa shape index (κ1) is 23.5. The molecular weight excluding hydrogens is 476 g/mol. The van der Waals surface area contributed by atoms with Gasteiger partial charge < -0.3 is 19.6 Å². The summed E-state index contributed by atoms with van der Waals surface area (Å²) in [7, 11) is 0. The van der Waals surface area contributed by atoms with Gasteiger partial charge in [-0.2, -0.15) is 0 Å².